The summed E-state index contributed by atoms with van der Waals surface area (Å²) < 4.78 is 24.8. The van der Waals surface area contributed by atoms with E-state index in [1.165, 1.54) is 18.3 Å². The van der Waals surface area contributed by atoms with Crippen LogP contribution in [0.4, 0.5) is 15.0 Å². The number of nitrogens with zero attached hydrogens (tertiary/aromatic N) is 1. The molecule has 6 nitrogen and oxygen atoms in total. The van der Waals surface area contributed by atoms with Gasteiger partial charge in [0.15, 0.2) is 11.6 Å². The van der Waals surface area contributed by atoms with Crippen LogP contribution in [0.1, 0.15) is 44.9 Å². The minimum atomic E-state index is -0.686. The van der Waals surface area contributed by atoms with Gasteiger partial charge in [-0.2, -0.15) is 0 Å². The second-order valence-corrected chi connectivity index (χ2v) is 7.88. The molecule has 1 amide bonds. The van der Waals surface area contributed by atoms with E-state index in [0.29, 0.717) is 11.1 Å². The molecule has 3 N–H and O–H groups in total. The Morgan fingerprint density at radius 1 is 1.36 bits per heavy atom. The fourth-order valence-electron chi connectivity index (χ4n) is 2.34. The van der Waals surface area contributed by atoms with Gasteiger partial charge in [0, 0.05) is 23.3 Å². The van der Waals surface area contributed by atoms with Crippen molar-refractivity contribution in [1.29, 1.82) is 0 Å². The smallest absolute Gasteiger partial charge is 0.407 e. The summed E-state index contributed by atoms with van der Waals surface area (Å²) >= 11 is 12.2. The number of nitrogens with one attached hydrogen (secondary N) is 1. The van der Waals surface area contributed by atoms with E-state index >= 15 is 0 Å². The van der Waals surface area contributed by atoms with Crippen LogP contribution in [0.15, 0.2) is 24.4 Å². The maximum atomic E-state index is 13.8. The summed E-state index contributed by atoms with van der Waals surface area (Å²) in [5, 5.41) is 2.78. The molecule has 0 fully saturated rings. The highest BCUT2D eigenvalue weighted by Gasteiger charge is 2.20. The predicted octanol–water partition coefficient (Wildman–Crippen LogP) is 5.27. The van der Waals surface area contributed by atoms with Crippen molar-refractivity contribution in [3.05, 3.63) is 51.4 Å². The Bertz CT molecular complexity index is 872. The fourth-order valence-corrected chi connectivity index (χ4v) is 3.02. The van der Waals surface area contributed by atoms with Gasteiger partial charge in [0.1, 0.15) is 17.5 Å². The van der Waals surface area contributed by atoms with E-state index in [9.17, 15) is 9.18 Å². The van der Waals surface area contributed by atoms with Crippen LogP contribution < -0.4 is 15.8 Å². The van der Waals surface area contributed by atoms with Crippen LogP contribution in [-0.2, 0) is 11.3 Å². The van der Waals surface area contributed by atoms with E-state index in [4.69, 9.17) is 38.4 Å². The molecule has 0 bridgehead atoms. The molecule has 2 rings (SSSR count). The topological polar surface area (TPSA) is 86.5 Å². The lowest BCUT2D eigenvalue weighted by Gasteiger charge is -2.20. The molecule has 1 heterocycles. The maximum Gasteiger partial charge on any atom is 0.407 e. The van der Waals surface area contributed by atoms with E-state index in [-0.39, 0.29) is 28.2 Å². The van der Waals surface area contributed by atoms with E-state index in [2.05, 4.69) is 10.3 Å². The number of aromatic nitrogens is 1. The average molecular weight is 430 g/mol. The van der Waals surface area contributed by atoms with Gasteiger partial charge < -0.3 is 20.5 Å². The number of anilines is 1. The number of carbonyl (C=O) groups is 1. The summed E-state index contributed by atoms with van der Waals surface area (Å²) in [6, 6.07) is 4.21. The van der Waals surface area contributed by atoms with Crippen molar-refractivity contribution in [2.24, 2.45) is 0 Å². The number of halogens is 3. The highest BCUT2D eigenvalue weighted by atomic mass is 35.5. The van der Waals surface area contributed by atoms with Crippen molar-refractivity contribution in [1.82, 2.24) is 10.3 Å². The highest BCUT2D eigenvalue weighted by molar-refractivity contribution is 6.36. The molecule has 2 aromatic rings. The van der Waals surface area contributed by atoms with Crippen LogP contribution in [0.5, 0.6) is 5.75 Å². The van der Waals surface area contributed by atoms with Crippen molar-refractivity contribution in [3.8, 4) is 5.75 Å². The van der Waals surface area contributed by atoms with Crippen LogP contribution in [0.3, 0.4) is 0 Å². The van der Waals surface area contributed by atoms with Crippen molar-refractivity contribution >= 4 is 35.1 Å². The van der Waals surface area contributed by atoms with Crippen molar-refractivity contribution in [2.45, 2.75) is 45.9 Å². The minimum absolute atomic E-state index is 0.116. The molecular weight excluding hydrogens is 408 g/mol. The molecule has 0 aliphatic rings. The first-order chi connectivity index (χ1) is 13.0. The molecule has 0 saturated heterocycles. The summed E-state index contributed by atoms with van der Waals surface area (Å²) in [6.07, 6.45) is 0.263. The standard InChI is InChI=1S/C19H22Cl2FN3O3/c1-10(15-12(20)5-6-13(22)16(15)21)27-14-7-11(8-24-17(14)23)9-25-18(26)28-19(2,3)4/h5-8,10H,9H2,1-4H3,(H2,23,24)(H,25,26). The van der Waals surface area contributed by atoms with Gasteiger partial charge in [0.05, 0.1) is 5.02 Å². The summed E-state index contributed by atoms with van der Waals surface area (Å²) in [6.45, 7) is 7.14. The lowest BCUT2D eigenvalue weighted by molar-refractivity contribution is 0.0523. The van der Waals surface area contributed by atoms with Gasteiger partial charge in [0.2, 0.25) is 0 Å². The van der Waals surface area contributed by atoms with Gasteiger partial charge in [-0.25, -0.2) is 14.2 Å². The largest absolute Gasteiger partial charge is 0.482 e. The second kappa shape index (κ2) is 8.84. The highest BCUT2D eigenvalue weighted by Crippen LogP contribution is 2.36. The molecule has 0 saturated carbocycles. The van der Waals surface area contributed by atoms with Gasteiger partial charge in [-0.15, -0.1) is 0 Å². The number of rotatable bonds is 5. The van der Waals surface area contributed by atoms with Crippen molar-refractivity contribution in [3.63, 3.8) is 0 Å². The number of hydrogen-bond acceptors (Lipinski definition) is 5. The van der Waals surface area contributed by atoms with Crippen molar-refractivity contribution in [2.75, 3.05) is 5.73 Å². The zero-order chi connectivity index (χ0) is 21.1. The Labute approximate surface area is 173 Å². The molecular formula is C19H22Cl2FN3O3. The first kappa shape index (κ1) is 22.0. The van der Waals surface area contributed by atoms with Crippen LogP contribution in [0.2, 0.25) is 10.0 Å². The van der Waals surface area contributed by atoms with Gasteiger partial charge >= 0.3 is 6.09 Å². The van der Waals surface area contributed by atoms with Gasteiger partial charge in [0.25, 0.3) is 0 Å². The number of pyridine rings is 1. The van der Waals surface area contributed by atoms with Crippen LogP contribution in [-0.4, -0.2) is 16.7 Å². The maximum absolute atomic E-state index is 13.8. The number of hydrogen-bond donors (Lipinski definition) is 2. The quantitative estimate of drug-likeness (QED) is 0.631. The number of amides is 1. The molecule has 1 aromatic heterocycles. The van der Waals surface area contributed by atoms with E-state index in [1.54, 1.807) is 33.8 Å². The molecule has 1 aromatic carbocycles. The first-order valence-electron chi connectivity index (χ1n) is 8.49. The van der Waals surface area contributed by atoms with E-state index < -0.39 is 23.6 Å². The van der Waals surface area contributed by atoms with Crippen LogP contribution >= 0.6 is 23.2 Å². The number of ether oxygens (including phenoxy) is 2. The van der Waals surface area contributed by atoms with Crippen molar-refractivity contribution < 1.29 is 18.7 Å². The average Bonchev–Trinajstić information content (AvgIpc) is 2.57. The number of carbonyl (C=O) groups excluding carboxylic acids is 1. The third-order valence-corrected chi connectivity index (χ3v) is 4.28. The summed E-state index contributed by atoms with van der Waals surface area (Å²) in [5.74, 6) is -0.207. The predicted molar refractivity (Wildman–Crippen MR) is 107 cm³/mol. The molecule has 0 aliphatic carbocycles. The first-order valence-corrected chi connectivity index (χ1v) is 9.25. The Morgan fingerprint density at radius 3 is 2.68 bits per heavy atom. The van der Waals surface area contributed by atoms with Crippen LogP contribution in [0, 0.1) is 5.82 Å². The summed E-state index contributed by atoms with van der Waals surface area (Å²) in [4.78, 5) is 15.8. The molecule has 0 aliphatic heterocycles. The lowest BCUT2D eigenvalue weighted by atomic mass is 10.1. The zero-order valence-electron chi connectivity index (χ0n) is 16.0. The molecule has 0 radical (unpaired) electrons. The lowest BCUT2D eigenvalue weighted by Crippen LogP contribution is -2.32. The second-order valence-electron chi connectivity index (χ2n) is 7.10. The number of alkyl carbamates (subject to hydrolysis) is 1. The normalized spacial score (nSPS) is 12.4. The third kappa shape index (κ3) is 5.87. The third-order valence-electron chi connectivity index (χ3n) is 3.56. The Kier molecular flexibility index (Phi) is 6.96. The Balaban J connectivity index is 2.13. The monoisotopic (exact) mass is 429 g/mol. The molecule has 0 spiro atoms. The molecule has 152 valence electrons. The van der Waals surface area contributed by atoms with E-state index in [1.807, 2.05) is 0 Å². The molecule has 1 atom stereocenters. The number of benzene rings is 1. The van der Waals surface area contributed by atoms with E-state index in [0.717, 1.165) is 0 Å². The molecule has 1 unspecified atom stereocenters. The fraction of sp³-hybridized carbons (Fsp3) is 0.368. The number of nitrogens with two attached hydrogens (primary N) is 1. The Morgan fingerprint density at radius 2 is 2.04 bits per heavy atom. The van der Waals surface area contributed by atoms with Gasteiger partial charge in [-0.1, -0.05) is 23.2 Å². The van der Waals surface area contributed by atoms with Gasteiger partial charge in [-0.05, 0) is 51.5 Å². The SMILES string of the molecule is CC(Oc1cc(CNC(=O)OC(C)(C)C)cnc1N)c1c(Cl)ccc(F)c1Cl. The summed E-state index contributed by atoms with van der Waals surface area (Å²) in [5.41, 5.74) is 6.22. The zero-order valence-corrected chi connectivity index (χ0v) is 17.5. The van der Waals surface area contributed by atoms with Crippen LogP contribution in [0.25, 0.3) is 0 Å². The summed E-state index contributed by atoms with van der Waals surface area (Å²) in [7, 11) is 0. The molecule has 28 heavy (non-hydrogen) atoms. The number of nitrogen functional groups attached to an aromatic ring is 1. The Hall–Kier alpha value is -2.25. The van der Waals surface area contributed by atoms with Gasteiger partial charge in [-0.3, -0.25) is 0 Å². The minimum Gasteiger partial charge on any atom is -0.482 e. The molecule has 9 heteroatoms.